The summed E-state index contributed by atoms with van der Waals surface area (Å²) in [5.41, 5.74) is 0. The minimum Gasteiger partial charge on any atom is -0.133 e. The maximum atomic E-state index is 2.32. The Morgan fingerprint density at radius 3 is 2.92 bits per heavy atom. The van der Waals surface area contributed by atoms with Crippen molar-refractivity contribution in [3.8, 4) is 0 Å². The highest BCUT2D eigenvalue weighted by Gasteiger charge is 2.16. The Morgan fingerprint density at radius 1 is 1.33 bits per heavy atom. The lowest BCUT2D eigenvalue weighted by Crippen LogP contribution is -1.89. The van der Waals surface area contributed by atoms with Crippen LogP contribution in [0.4, 0.5) is 0 Å². The Balaban J connectivity index is 2.14. The molecule has 1 aliphatic rings. The molecule has 1 aliphatic heterocycles. The first-order valence-electron chi connectivity index (χ1n) is 3.72. The van der Waals surface area contributed by atoms with Crippen molar-refractivity contribution in [2.24, 2.45) is 0 Å². The first-order valence-corrected chi connectivity index (χ1v) is 6.36. The van der Waals surface area contributed by atoms with Crippen molar-refractivity contribution < 1.29 is 0 Å². The van der Waals surface area contributed by atoms with Gasteiger partial charge < -0.3 is 0 Å². The highest BCUT2D eigenvalue weighted by molar-refractivity contribution is 8.03. The van der Waals surface area contributed by atoms with Crippen LogP contribution in [0.25, 0.3) is 9.40 Å². The summed E-state index contributed by atoms with van der Waals surface area (Å²) in [6, 6.07) is 4.52. The summed E-state index contributed by atoms with van der Waals surface area (Å²) in [5, 5.41) is 6.39. The number of rotatable bonds is 1. The molecule has 0 spiro atoms. The molecule has 0 nitrogen and oxygen atoms in total. The molecule has 0 fully saturated rings. The predicted octanol–water partition coefficient (Wildman–Crippen LogP) is 4.26. The summed E-state index contributed by atoms with van der Waals surface area (Å²) in [7, 11) is 0. The Labute approximate surface area is 82.9 Å². The van der Waals surface area contributed by atoms with Crippen LogP contribution in [0.2, 0.25) is 0 Å². The van der Waals surface area contributed by atoms with Gasteiger partial charge in [-0.2, -0.15) is 0 Å². The zero-order valence-electron chi connectivity index (χ0n) is 6.19. The largest absolute Gasteiger partial charge is 0.133 e. The SMILES string of the molecule is C1=CC(c2cc3ccsc3s2)S1. The van der Waals surface area contributed by atoms with Gasteiger partial charge in [-0.05, 0) is 22.9 Å². The molecule has 0 N–H and O–H groups in total. The average molecular weight is 210 g/mol. The summed E-state index contributed by atoms with van der Waals surface area (Å²) < 4.78 is 1.46. The molecular formula is C9H6S3. The van der Waals surface area contributed by atoms with Gasteiger partial charge in [0.25, 0.3) is 0 Å². The second-order valence-electron chi connectivity index (χ2n) is 2.70. The summed E-state index contributed by atoms with van der Waals surface area (Å²) in [4.78, 5) is 1.50. The normalized spacial score (nSPS) is 21.5. The van der Waals surface area contributed by atoms with E-state index in [1.807, 2.05) is 34.4 Å². The van der Waals surface area contributed by atoms with Crippen LogP contribution in [0.1, 0.15) is 10.1 Å². The summed E-state index contributed by atoms with van der Waals surface area (Å²) in [5.74, 6) is 0. The summed E-state index contributed by atoms with van der Waals surface area (Å²) in [6.45, 7) is 0. The molecule has 0 radical (unpaired) electrons. The van der Waals surface area contributed by atoms with Gasteiger partial charge in [0, 0.05) is 10.3 Å². The van der Waals surface area contributed by atoms with Gasteiger partial charge in [-0.1, -0.05) is 6.08 Å². The molecule has 0 saturated carbocycles. The zero-order valence-corrected chi connectivity index (χ0v) is 8.64. The van der Waals surface area contributed by atoms with Crippen molar-refractivity contribution in [1.82, 2.24) is 0 Å². The highest BCUT2D eigenvalue weighted by Crippen LogP contribution is 2.44. The maximum Gasteiger partial charge on any atom is 0.0868 e. The average Bonchev–Trinajstić information content (AvgIpc) is 2.40. The minimum atomic E-state index is 0.648. The van der Waals surface area contributed by atoms with Gasteiger partial charge in [0.2, 0.25) is 0 Å². The molecule has 3 rings (SSSR count). The molecule has 3 heterocycles. The molecule has 0 saturated heterocycles. The standard InChI is InChI=1S/C9H6S3/c1-3-11-9-6(1)5-8(12-9)7-2-4-10-7/h1-5,7H. The quantitative estimate of drug-likeness (QED) is 0.677. The van der Waals surface area contributed by atoms with Gasteiger partial charge in [-0.3, -0.25) is 0 Å². The first-order chi connectivity index (χ1) is 5.93. The summed E-state index contributed by atoms with van der Waals surface area (Å²) in [6.07, 6.45) is 2.26. The third-order valence-corrected chi connectivity index (χ3v) is 5.38. The number of hydrogen-bond acceptors (Lipinski definition) is 3. The Morgan fingerprint density at radius 2 is 2.25 bits per heavy atom. The van der Waals surface area contributed by atoms with Gasteiger partial charge in [0.05, 0.1) is 9.26 Å². The fourth-order valence-corrected chi connectivity index (χ4v) is 4.16. The van der Waals surface area contributed by atoms with E-state index in [1.54, 1.807) is 0 Å². The molecule has 1 unspecified atom stereocenters. The summed E-state index contributed by atoms with van der Waals surface area (Å²) >= 11 is 5.69. The number of hydrogen-bond donors (Lipinski definition) is 0. The highest BCUT2D eigenvalue weighted by atomic mass is 32.2. The molecule has 0 aliphatic carbocycles. The third-order valence-electron chi connectivity index (χ3n) is 1.93. The van der Waals surface area contributed by atoms with Crippen molar-refractivity contribution in [2.75, 3.05) is 0 Å². The second-order valence-corrected chi connectivity index (χ2v) is 6.01. The van der Waals surface area contributed by atoms with E-state index in [4.69, 9.17) is 0 Å². The zero-order chi connectivity index (χ0) is 7.97. The van der Waals surface area contributed by atoms with Crippen molar-refractivity contribution in [1.29, 1.82) is 0 Å². The van der Waals surface area contributed by atoms with E-state index in [-0.39, 0.29) is 0 Å². The van der Waals surface area contributed by atoms with Gasteiger partial charge in [0.1, 0.15) is 0 Å². The molecule has 0 amide bonds. The Hall–Kier alpha value is -0.250. The number of thioether (sulfide) groups is 1. The molecule has 0 bridgehead atoms. The molecule has 12 heavy (non-hydrogen) atoms. The van der Waals surface area contributed by atoms with Gasteiger partial charge in [-0.15, -0.1) is 34.4 Å². The third kappa shape index (κ3) is 0.969. The van der Waals surface area contributed by atoms with Crippen LogP contribution in [0.5, 0.6) is 0 Å². The van der Waals surface area contributed by atoms with Gasteiger partial charge >= 0.3 is 0 Å². The molecule has 60 valence electrons. The topological polar surface area (TPSA) is 0 Å². The molecule has 2 aromatic heterocycles. The molecule has 1 atom stereocenters. The fraction of sp³-hybridized carbons (Fsp3) is 0.111. The second kappa shape index (κ2) is 2.62. The molecule has 3 heteroatoms. The maximum absolute atomic E-state index is 2.32. The van der Waals surface area contributed by atoms with Crippen LogP contribution in [-0.2, 0) is 0 Å². The lowest BCUT2D eigenvalue weighted by Gasteiger charge is -2.13. The van der Waals surface area contributed by atoms with Crippen molar-refractivity contribution >= 4 is 43.8 Å². The minimum absolute atomic E-state index is 0.648. The Kier molecular flexibility index (Phi) is 1.57. The van der Waals surface area contributed by atoms with E-state index in [0.717, 1.165) is 0 Å². The lowest BCUT2D eigenvalue weighted by atomic mass is 10.3. The smallest absolute Gasteiger partial charge is 0.0868 e. The van der Waals surface area contributed by atoms with E-state index in [2.05, 4.69) is 29.0 Å². The van der Waals surface area contributed by atoms with Crippen LogP contribution < -0.4 is 0 Å². The molecule has 2 aromatic rings. The van der Waals surface area contributed by atoms with E-state index in [0.29, 0.717) is 5.25 Å². The van der Waals surface area contributed by atoms with E-state index in [9.17, 15) is 0 Å². The monoisotopic (exact) mass is 210 g/mol. The number of thiophene rings is 2. The van der Waals surface area contributed by atoms with E-state index in [1.165, 1.54) is 14.3 Å². The van der Waals surface area contributed by atoms with Crippen LogP contribution in [0.15, 0.2) is 29.0 Å². The lowest BCUT2D eigenvalue weighted by molar-refractivity contribution is 1.28. The van der Waals surface area contributed by atoms with Crippen LogP contribution in [0.3, 0.4) is 0 Å². The van der Waals surface area contributed by atoms with Crippen molar-refractivity contribution in [2.45, 2.75) is 5.25 Å². The fourth-order valence-electron chi connectivity index (χ4n) is 1.24. The van der Waals surface area contributed by atoms with Crippen LogP contribution in [-0.4, -0.2) is 0 Å². The van der Waals surface area contributed by atoms with Crippen LogP contribution >= 0.6 is 34.4 Å². The molecule has 0 aromatic carbocycles. The first kappa shape index (κ1) is 7.18. The van der Waals surface area contributed by atoms with Gasteiger partial charge in [0.15, 0.2) is 0 Å². The predicted molar refractivity (Wildman–Crippen MR) is 59.2 cm³/mol. The van der Waals surface area contributed by atoms with Gasteiger partial charge in [-0.25, -0.2) is 0 Å². The van der Waals surface area contributed by atoms with E-state index >= 15 is 0 Å². The van der Waals surface area contributed by atoms with Crippen molar-refractivity contribution in [3.05, 3.63) is 33.9 Å². The molecular weight excluding hydrogens is 204 g/mol. The van der Waals surface area contributed by atoms with E-state index < -0.39 is 0 Å². The van der Waals surface area contributed by atoms with Crippen LogP contribution in [0, 0.1) is 0 Å². The number of fused-ring (bicyclic) bond motifs is 1. The Bertz CT molecular complexity index is 407. The van der Waals surface area contributed by atoms with Crippen molar-refractivity contribution in [3.63, 3.8) is 0 Å².